The van der Waals surface area contributed by atoms with E-state index < -0.39 is 0 Å². The number of rotatable bonds is 0. The van der Waals surface area contributed by atoms with E-state index in [0.717, 1.165) is 38.0 Å². The van der Waals surface area contributed by atoms with Gasteiger partial charge in [-0.1, -0.05) is 0 Å². The van der Waals surface area contributed by atoms with E-state index in [4.69, 9.17) is 0 Å². The average molecular weight is 152 g/mol. The number of hydrogen-bond donors (Lipinski definition) is 2. The van der Waals surface area contributed by atoms with E-state index in [1.54, 1.807) is 0 Å². The summed E-state index contributed by atoms with van der Waals surface area (Å²) in [6, 6.07) is 0. The highest BCUT2D eigenvalue weighted by Gasteiger charge is 2.22. The van der Waals surface area contributed by atoms with Crippen LogP contribution in [0.2, 0.25) is 0 Å². The Kier molecular flexibility index (Phi) is 1.66. The first-order chi connectivity index (χ1) is 5.38. The molecule has 3 nitrogen and oxygen atoms in total. The van der Waals surface area contributed by atoms with Crippen molar-refractivity contribution in [2.45, 2.75) is 12.8 Å². The fourth-order valence-corrected chi connectivity index (χ4v) is 1.67. The predicted molar refractivity (Wildman–Crippen MR) is 42.1 cm³/mol. The van der Waals surface area contributed by atoms with Crippen LogP contribution < -0.4 is 10.6 Å². The summed E-state index contributed by atoms with van der Waals surface area (Å²) in [5.74, 6) is 0.156. The van der Waals surface area contributed by atoms with Gasteiger partial charge in [0.2, 0.25) is 5.91 Å². The lowest BCUT2D eigenvalue weighted by atomic mass is 10.1. The highest BCUT2D eigenvalue weighted by atomic mass is 16.1. The Labute approximate surface area is 65.9 Å². The van der Waals surface area contributed by atoms with Gasteiger partial charge in [-0.15, -0.1) is 0 Å². The summed E-state index contributed by atoms with van der Waals surface area (Å²) in [5, 5.41) is 6.12. The minimum absolute atomic E-state index is 0.156. The van der Waals surface area contributed by atoms with Gasteiger partial charge in [0.1, 0.15) is 0 Å². The Morgan fingerprint density at radius 1 is 1.18 bits per heavy atom. The first-order valence-electron chi connectivity index (χ1n) is 4.08. The van der Waals surface area contributed by atoms with Crippen molar-refractivity contribution in [3.05, 3.63) is 11.1 Å². The van der Waals surface area contributed by atoms with Gasteiger partial charge in [0, 0.05) is 12.1 Å². The van der Waals surface area contributed by atoms with Crippen LogP contribution in [0.25, 0.3) is 0 Å². The number of nitrogens with one attached hydrogen (secondary N) is 2. The van der Waals surface area contributed by atoms with Crippen LogP contribution >= 0.6 is 0 Å². The summed E-state index contributed by atoms with van der Waals surface area (Å²) in [6.45, 7) is 2.76. The van der Waals surface area contributed by atoms with Crippen molar-refractivity contribution in [2.75, 3.05) is 19.6 Å². The second-order valence-corrected chi connectivity index (χ2v) is 3.01. The molecule has 2 rings (SSSR count). The number of carbonyl (C=O) groups is 1. The van der Waals surface area contributed by atoms with Gasteiger partial charge in [-0.05, 0) is 31.5 Å². The highest BCUT2D eigenvalue weighted by Crippen LogP contribution is 2.18. The average Bonchev–Trinajstić information content (AvgIpc) is 2.25. The molecule has 0 spiro atoms. The fraction of sp³-hybridized carbons (Fsp3) is 0.625. The van der Waals surface area contributed by atoms with Crippen LogP contribution in [-0.2, 0) is 4.79 Å². The summed E-state index contributed by atoms with van der Waals surface area (Å²) in [6.07, 6.45) is 1.94. The minimum Gasteiger partial charge on any atom is -0.349 e. The maximum absolute atomic E-state index is 11.2. The lowest BCUT2D eigenvalue weighted by molar-refractivity contribution is -0.116. The molecule has 0 aromatic carbocycles. The third-order valence-electron chi connectivity index (χ3n) is 2.32. The van der Waals surface area contributed by atoms with Gasteiger partial charge < -0.3 is 10.6 Å². The lowest BCUT2D eigenvalue weighted by Crippen LogP contribution is -2.22. The maximum Gasteiger partial charge on any atom is 0.247 e. The molecule has 0 atom stereocenters. The molecular formula is C8H12N2O. The molecule has 2 aliphatic rings. The zero-order valence-corrected chi connectivity index (χ0v) is 6.44. The van der Waals surface area contributed by atoms with Gasteiger partial charge in [-0.2, -0.15) is 0 Å². The van der Waals surface area contributed by atoms with E-state index in [-0.39, 0.29) is 5.91 Å². The lowest BCUT2D eigenvalue weighted by Gasteiger charge is -1.99. The van der Waals surface area contributed by atoms with Crippen LogP contribution in [0.3, 0.4) is 0 Å². The molecule has 1 amide bonds. The quantitative estimate of drug-likeness (QED) is 0.504. The molecule has 0 unspecified atom stereocenters. The third-order valence-corrected chi connectivity index (χ3v) is 2.32. The van der Waals surface area contributed by atoms with E-state index in [1.165, 1.54) is 5.57 Å². The Bertz CT molecular complexity index is 220. The Balaban J connectivity index is 2.22. The minimum atomic E-state index is 0.156. The number of amides is 1. The van der Waals surface area contributed by atoms with Crippen LogP contribution in [0.5, 0.6) is 0 Å². The SMILES string of the molecule is O=C1NCC2=C1CCNCC2. The maximum atomic E-state index is 11.2. The zero-order valence-electron chi connectivity index (χ0n) is 6.44. The second-order valence-electron chi connectivity index (χ2n) is 3.01. The zero-order chi connectivity index (χ0) is 7.68. The van der Waals surface area contributed by atoms with E-state index >= 15 is 0 Å². The summed E-state index contributed by atoms with van der Waals surface area (Å²) in [7, 11) is 0. The number of carbonyl (C=O) groups excluding carboxylic acids is 1. The summed E-state index contributed by atoms with van der Waals surface area (Å²) in [5.41, 5.74) is 2.36. The van der Waals surface area contributed by atoms with Crippen molar-refractivity contribution < 1.29 is 4.79 Å². The van der Waals surface area contributed by atoms with Crippen LogP contribution in [0.15, 0.2) is 11.1 Å². The standard InChI is InChI=1S/C8H12N2O/c11-8-7-2-4-9-3-1-6(7)5-10-8/h9H,1-5H2,(H,10,11). The molecule has 2 aliphatic heterocycles. The monoisotopic (exact) mass is 152 g/mol. The van der Waals surface area contributed by atoms with Crippen LogP contribution in [0.1, 0.15) is 12.8 Å². The van der Waals surface area contributed by atoms with E-state index in [0.29, 0.717) is 0 Å². The van der Waals surface area contributed by atoms with Crippen molar-refractivity contribution in [1.29, 1.82) is 0 Å². The summed E-state index contributed by atoms with van der Waals surface area (Å²) in [4.78, 5) is 11.2. The van der Waals surface area contributed by atoms with Gasteiger partial charge in [0.05, 0.1) is 0 Å². The molecule has 0 saturated carbocycles. The van der Waals surface area contributed by atoms with Crippen molar-refractivity contribution in [3.63, 3.8) is 0 Å². The van der Waals surface area contributed by atoms with Crippen molar-refractivity contribution in [2.24, 2.45) is 0 Å². The normalized spacial score (nSPS) is 24.5. The molecule has 0 radical (unpaired) electrons. The molecular weight excluding hydrogens is 140 g/mol. The Morgan fingerprint density at radius 2 is 2.00 bits per heavy atom. The second kappa shape index (κ2) is 2.66. The molecule has 0 aromatic rings. The molecule has 0 bridgehead atoms. The smallest absolute Gasteiger partial charge is 0.247 e. The largest absolute Gasteiger partial charge is 0.349 e. The molecule has 0 saturated heterocycles. The summed E-state index contributed by atoms with van der Waals surface area (Å²) < 4.78 is 0. The van der Waals surface area contributed by atoms with Gasteiger partial charge >= 0.3 is 0 Å². The van der Waals surface area contributed by atoms with Crippen molar-refractivity contribution in [1.82, 2.24) is 10.6 Å². The Morgan fingerprint density at radius 3 is 2.91 bits per heavy atom. The Hall–Kier alpha value is -0.830. The van der Waals surface area contributed by atoms with E-state index in [2.05, 4.69) is 10.6 Å². The van der Waals surface area contributed by atoms with E-state index in [9.17, 15) is 4.79 Å². The molecule has 0 aliphatic carbocycles. The van der Waals surface area contributed by atoms with Crippen molar-refractivity contribution >= 4 is 5.91 Å². The fourth-order valence-electron chi connectivity index (χ4n) is 1.67. The molecule has 60 valence electrons. The molecule has 0 fully saturated rings. The molecule has 0 aromatic heterocycles. The highest BCUT2D eigenvalue weighted by molar-refractivity contribution is 5.97. The molecule has 3 heteroatoms. The summed E-state index contributed by atoms with van der Waals surface area (Å²) >= 11 is 0. The van der Waals surface area contributed by atoms with Gasteiger partial charge in [0.25, 0.3) is 0 Å². The molecule has 11 heavy (non-hydrogen) atoms. The predicted octanol–water partition coefficient (Wildman–Crippen LogP) is -0.204. The first-order valence-corrected chi connectivity index (χ1v) is 4.08. The van der Waals surface area contributed by atoms with Crippen molar-refractivity contribution in [3.8, 4) is 0 Å². The topological polar surface area (TPSA) is 41.1 Å². The third kappa shape index (κ3) is 1.16. The first kappa shape index (κ1) is 6.85. The van der Waals surface area contributed by atoms with Crippen LogP contribution in [-0.4, -0.2) is 25.5 Å². The van der Waals surface area contributed by atoms with Crippen LogP contribution in [0, 0.1) is 0 Å². The molecule has 2 N–H and O–H groups in total. The van der Waals surface area contributed by atoms with Gasteiger partial charge in [0.15, 0.2) is 0 Å². The van der Waals surface area contributed by atoms with Gasteiger partial charge in [-0.25, -0.2) is 0 Å². The van der Waals surface area contributed by atoms with E-state index in [1.807, 2.05) is 0 Å². The molecule has 2 heterocycles. The number of hydrogen-bond acceptors (Lipinski definition) is 2. The van der Waals surface area contributed by atoms with Crippen LogP contribution in [0.4, 0.5) is 0 Å². The van der Waals surface area contributed by atoms with Gasteiger partial charge in [-0.3, -0.25) is 4.79 Å².